The van der Waals surface area contributed by atoms with Gasteiger partial charge in [-0.25, -0.2) is 13.1 Å². The average molecular weight is 356 g/mol. The van der Waals surface area contributed by atoms with Crippen molar-refractivity contribution in [3.05, 3.63) is 18.2 Å². The van der Waals surface area contributed by atoms with Gasteiger partial charge in [0.2, 0.25) is 15.9 Å². The Kier molecular flexibility index (Phi) is 6.59. The van der Waals surface area contributed by atoms with Crippen LogP contribution in [0.15, 0.2) is 23.1 Å². The molecule has 0 unspecified atom stereocenters. The Morgan fingerprint density at radius 1 is 1.38 bits per heavy atom. The van der Waals surface area contributed by atoms with Crippen LogP contribution in [0.3, 0.4) is 0 Å². The van der Waals surface area contributed by atoms with E-state index in [2.05, 4.69) is 10.0 Å². The first-order chi connectivity index (χ1) is 11.5. The van der Waals surface area contributed by atoms with Crippen LogP contribution < -0.4 is 14.8 Å². The second-order valence-electron chi connectivity index (χ2n) is 5.48. The predicted molar refractivity (Wildman–Crippen MR) is 90.7 cm³/mol. The molecule has 0 radical (unpaired) electrons. The number of nitrogens with one attached hydrogen (secondary N) is 2. The standard InChI is InChI=1S/C16H24N2O5S/c1-3-16(19)18-14-10-13(7-8-15(14)22-4-2)24(20,21)17-11-12-6-5-9-23-12/h7-8,10,12,17H,3-6,9,11H2,1-2H3,(H,18,19)/t12-/m0/s1. The molecular formula is C16H24N2O5S. The number of carbonyl (C=O) groups excluding carboxylic acids is 1. The van der Waals surface area contributed by atoms with Gasteiger partial charge < -0.3 is 14.8 Å². The molecule has 7 nitrogen and oxygen atoms in total. The highest BCUT2D eigenvalue weighted by atomic mass is 32.2. The van der Waals surface area contributed by atoms with Gasteiger partial charge >= 0.3 is 0 Å². The van der Waals surface area contributed by atoms with Gasteiger partial charge in [-0.2, -0.15) is 0 Å². The molecule has 1 fully saturated rings. The minimum Gasteiger partial charge on any atom is -0.492 e. The molecule has 1 aromatic carbocycles. The zero-order valence-corrected chi connectivity index (χ0v) is 14.8. The molecule has 1 amide bonds. The number of hydrogen-bond acceptors (Lipinski definition) is 5. The van der Waals surface area contributed by atoms with Gasteiger partial charge in [0.15, 0.2) is 0 Å². The minimum atomic E-state index is -3.68. The van der Waals surface area contributed by atoms with Crippen molar-refractivity contribution in [3.8, 4) is 5.75 Å². The molecule has 1 aliphatic heterocycles. The first-order valence-corrected chi connectivity index (χ1v) is 9.62. The molecule has 2 N–H and O–H groups in total. The van der Waals surface area contributed by atoms with Crippen molar-refractivity contribution in [1.29, 1.82) is 0 Å². The molecule has 0 saturated carbocycles. The number of rotatable bonds is 8. The second-order valence-corrected chi connectivity index (χ2v) is 7.25. The molecule has 1 saturated heterocycles. The molecule has 1 atom stereocenters. The van der Waals surface area contributed by atoms with Gasteiger partial charge in [0, 0.05) is 19.6 Å². The van der Waals surface area contributed by atoms with E-state index in [0.717, 1.165) is 12.8 Å². The minimum absolute atomic E-state index is 0.0790. The van der Waals surface area contributed by atoms with Crippen molar-refractivity contribution < 1.29 is 22.7 Å². The fourth-order valence-corrected chi connectivity index (χ4v) is 3.48. The summed E-state index contributed by atoms with van der Waals surface area (Å²) < 4.78 is 38.3. The Hall–Kier alpha value is -1.64. The molecule has 134 valence electrons. The normalized spacial score (nSPS) is 17.7. The topological polar surface area (TPSA) is 93.7 Å². The summed E-state index contributed by atoms with van der Waals surface area (Å²) in [6.07, 6.45) is 2.01. The molecule has 8 heteroatoms. The van der Waals surface area contributed by atoms with Crippen molar-refractivity contribution in [3.63, 3.8) is 0 Å². The highest BCUT2D eigenvalue weighted by Gasteiger charge is 2.21. The summed E-state index contributed by atoms with van der Waals surface area (Å²) in [5, 5.41) is 2.67. The smallest absolute Gasteiger partial charge is 0.240 e. The third kappa shape index (κ3) is 4.93. The highest BCUT2D eigenvalue weighted by molar-refractivity contribution is 7.89. The second kappa shape index (κ2) is 8.46. The van der Waals surface area contributed by atoms with Crippen LogP contribution in [-0.2, 0) is 19.6 Å². The van der Waals surface area contributed by atoms with E-state index in [0.29, 0.717) is 31.1 Å². The predicted octanol–water partition coefficient (Wildman–Crippen LogP) is 1.89. The van der Waals surface area contributed by atoms with Gasteiger partial charge in [-0.3, -0.25) is 4.79 Å². The van der Waals surface area contributed by atoms with Crippen molar-refractivity contribution in [2.75, 3.05) is 25.1 Å². The summed E-state index contributed by atoms with van der Waals surface area (Å²) in [5.41, 5.74) is 0.351. The van der Waals surface area contributed by atoms with Crippen LogP contribution in [0.4, 0.5) is 5.69 Å². The van der Waals surface area contributed by atoms with Crippen LogP contribution in [0.2, 0.25) is 0 Å². The molecular weight excluding hydrogens is 332 g/mol. The summed E-state index contributed by atoms with van der Waals surface area (Å²) in [5.74, 6) is 0.232. The largest absolute Gasteiger partial charge is 0.492 e. The number of amides is 1. The highest BCUT2D eigenvalue weighted by Crippen LogP contribution is 2.28. The van der Waals surface area contributed by atoms with E-state index < -0.39 is 10.0 Å². The first-order valence-electron chi connectivity index (χ1n) is 8.14. The summed E-state index contributed by atoms with van der Waals surface area (Å²) in [6, 6.07) is 4.43. The molecule has 1 aromatic rings. The van der Waals surface area contributed by atoms with Gasteiger partial charge in [0.1, 0.15) is 5.75 Å². The molecule has 2 rings (SSSR count). The van der Waals surface area contributed by atoms with E-state index in [4.69, 9.17) is 9.47 Å². The molecule has 0 aliphatic carbocycles. The van der Waals surface area contributed by atoms with Crippen LogP contribution in [0, 0.1) is 0 Å². The van der Waals surface area contributed by atoms with Gasteiger partial charge in [-0.1, -0.05) is 6.92 Å². The lowest BCUT2D eigenvalue weighted by Gasteiger charge is -2.15. The van der Waals surface area contributed by atoms with Crippen molar-refractivity contribution in [2.24, 2.45) is 0 Å². The van der Waals surface area contributed by atoms with E-state index in [1.807, 2.05) is 6.92 Å². The number of anilines is 1. The molecule has 0 aromatic heterocycles. The molecule has 0 spiro atoms. The number of sulfonamides is 1. The Morgan fingerprint density at radius 3 is 2.79 bits per heavy atom. The zero-order chi connectivity index (χ0) is 17.6. The third-order valence-corrected chi connectivity index (χ3v) is 5.10. The molecule has 1 aliphatic rings. The number of ether oxygens (including phenoxy) is 2. The van der Waals surface area contributed by atoms with Gasteiger partial charge in [0.05, 0.1) is 23.3 Å². The number of hydrogen-bond donors (Lipinski definition) is 2. The van der Waals surface area contributed by atoms with E-state index in [9.17, 15) is 13.2 Å². The van der Waals surface area contributed by atoms with Gasteiger partial charge in [0.25, 0.3) is 0 Å². The van der Waals surface area contributed by atoms with Crippen LogP contribution in [-0.4, -0.2) is 40.2 Å². The lowest BCUT2D eigenvalue weighted by Crippen LogP contribution is -2.31. The first kappa shape index (κ1) is 18.7. The Morgan fingerprint density at radius 2 is 2.17 bits per heavy atom. The lowest BCUT2D eigenvalue weighted by atomic mass is 10.2. The van der Waals surface area contributed by atoms with Gasteiger partial charge in [-0.15, -0.1) is 0 Å². The van der Waals surface area contributed by atoms with Crippen LogP contribution >= 0.6 is 0 Å². The number of carbonyl (C=O) groups is 1. The van der Waals surface area contributed by atoms with Crippen LogP contribution in [0.5, 0.6) is 5.75 Å². The molecule has 24 heavy (non-hydrogen) atoms. The maximum absolute atomic E-state index is 12.4. The SMILES string of the molecule is CCOc1ccc(S(=O)(=O)NC[C@@H]2CCCO2)cc1NC(=O)CC. The van der Waals surface area contributed by atoms with Crippen LogP contribution in [0.1, 0.15) is 33.1 Å². The fourth-order valence-electron chi connectivity index (χ4n) is 2.39. The van der Waals surface area contributed by atoms with E-state index in [1.54, 1.807) is 13.0 Å². The molecule has 0 bridgehead atoms. The Balaban J connectivity index is 2.18. The summed E-state index contributed by atoms with van der Waals surface area (Å²) in [7, 11) is -3.68. The number of benzene rings is 1. The zero-order valence-electron chi connectivity index (χ0n) is 14.0. The third-order valence-electron chi connectivity index (χ3n) is 3.68. The van der Waals surface area contributed by atoms with Crippen LogP contribution in [0.25, 0.3) is 0 Å². The van der Waals surface area contributed by atoms with Crippen molar-refractivity contribution in [1.82, 2.24) is 4.72 Å². The maximum atomic E-state index is 12.4. The molecule has 1 heterocycles. The lowest BCUT2D eigenvalue weighted by molar-refractivity contribution is -0.115. The average Bonchev–Trinajstić information content (AvgIpc) is 3.08. The van der Waals surface area contributed by atoms with E-state index in [-0.39, 0.29) is 23.5 Å². The monoisotopic (exact) mass is 356 g/mol. The summed E-state index contributed by atoms with van der Waals surface area (Å²) in [6.45, 7) is 4.87. The van der Waals surface area contributed by atoms with E-state index in [1.165, 1.54) is 12.1 Å². The van der Waals surface area contributed by atoms with Crippen molar-refractivity contribution >= 4 is 21.6 Å². The summed E-state index contributed by atoms with van der Waals surface area (Å²) in [4.78, 5) is 11.7. The van der Waals surface area contributed by atoms with Gasteiger partial charge in [-0.05, 0) is 38.0 Å². The Bertz CT molecular complexity index is 669. The quantitative estimate of drug-likeness (QED) is 0.742. The fraction of sp³-hybridized carbons (Fsp3) is 0.562. The Labute approximate surface area is 142 Å². The van der Waals surface area contributed by atoms with E-state index >= 15 is 0 Å². The summed E-state index contributed by atoms with van der Waals surface area (Å²) >= 11 is 0. The van der Waals surface area contributed by atoms with Crippen molar-refractivity contribution in [2.45, 2.75) is 44.1 Å². The maximum Gasteiger partial charge on any atom is 0.240 e.